The fourth-order valence-electron chi connectivity index (χ4n) is 3.25. The molecule has 1 N–H and O–H groups in total. The van der Waals surface area contributed by atoms with Crippen molar-refractivity contribution in [1.29, 1.82) is 0 Å². The molecule has 0 amide bonds. The van der Waals surface area contributed by atoms with Crippen molar-refractivity contribution in [1.82, 2.24) is 14.8 Å². The molecule has 4 aromatic rings. The number of hydrogen-bond acceptors (Lipinski definition) is 5. The van der Waals surface area contributed by atoms with Crippen molar-refractivity contribution in [3.63, 3.8) is 0 Å². The Morgan fingerprint density at radius 3 is 2.38 bits per heavy atom. The number of carbonyl (C=O) groups excluding carboxylic acids is 1. The molecule has 6 nitrogen and oxygen atoms in total. The maximum absolute atomic E-state index is 13.2. The molecule has 0 radical (unpaired) electrons. The van der Waals surface area contributed by atoms with Gasteiger partial charge in [0.1, 0.15) is 11.6 Å². The zero-order valence-corrected chi connectivity index (χ0v) is 17.7. The number of aromatic nitrogens is 3. The van der Waals surface area contributed by atoms with E-state index in [1.807, 2.05) is 54.6 Å². The van der Waals surface area contributed by atoms with Gasteiger partial charge in [0.25, 0.3) is 0 Å². The predicted molar refractivity (Wildman–Crippen MR) is 121 cm³/mol. The lowest BCUT2D eigenvalue weighted by Gasteiger charge is -2.07. The molecule has 0 aliphatic rings. The van der Waals surface area contributed by atoms with Crippen LogP contribution in [0.2, 0.25) is 0 Å². The first-order valence-electron chi connectivity index (χ1n) is 10.3. The summed E-state index contributed by atoms with van der Waals surface area (Å²) in [5, 5.41) is 7.63. The lowest BCUT2D eigenvalue weighted by atomic mass is 10.1. The average Bonchev–Trinajstić information content (AvgIpc) is 3.27. The third-order valence-corrected chi connectivity index (χ3v) is 5.03. The smallest absolute Gasteiger partial charge is 0.250 e. The van der Waals surface area contributed by atoms with Gasteiger partial charge in [-0.1, -0.05) is 42.5 Å². The van der Waals surface area contributed by atoms with E-state index in [0.717, 1.165) is 22.4 Å². The molecule has 0 bridgehead atoms. The zero-order valence-electron chi connectivity index (χ0n) is 17.7. The molecule has 1 aromatic heterocycles. The van der Waals surface area contributed by atoms with Crippen LogP contribution in [-0.2, 0) is 13.0 Å². The van der Waals surface area contributed by atoms with Gasteiger partial charge in [0, 0.05) is 18.5 Å². The molecular weight excluding hydrogens is 407 g/mol. The van der Waals surface area contributed by atoms with Crippen LogP contribution in [0.5, 0.6) is 5.75 Å². The SMILES string of the molecule is COc1ccc(-c2nc(NCc3ccc(F)cc3)n(C(=O)CCc3ccccc3)n2)cc1. The summed E-state index contributed by atoms with van der Waals surface area (Å²) in [4.78, 5) is 17.5. The number of ether oxygens (including phenoxy) is 1. The summed E-state index contributed by atoms with van der Waals surface area (Å²) in [6.45, 7) is 0.382. The summed E-state index contributed by atoms with van der Waals surface area (Å²) in [5.41, 5.74) is 2.71. The molecule has 3 aromatic carbocycles. The molecule has 0 spiro atoms. The first-order chi connectivity index (χ1) is 15.6. The van der Waals surface area contributed by atoms with Crippen LogP contribution >= 0.6 is 0 Å². The van der Waals surface area contributed by atoms with E-state index in [1.54, 1.807) is 19.2 Å². The molecule has 162 valence electrons. The summed E-state index contributed by atoms with van der Waals surface area (Å²) in [6.07, 6.45) is 0.898. The van der Waals surface area contributed by atoms with Gasteiger partial charge in [0.15, 0.2) is 5.82 Å². The highest BCUT2D eigenvalue weighted by Gasteiger charge is 2.17. The first-order valence-corrected chi connectivity index (χ1v) is 10.3. The van der Waals surface area contributed by atoms with Crippen LogP contribution in [0.25, 0.3) is 11.4 Å². The quantitative estimate of drug-likeness (QED) is 0.427. The average molecular weight is 430 g/mol. The number of halogens is 1. The van der Waals surface area contributed by atoms with E-state index in [1.165, 1.54) is 16.8 Å². The van der Waals surface area contributed by atoms with Crippen molar-refractivity contribution in [3.05, 3.63) is 95.8 Å². The number of nitrogens with zero attached hydrogens (tertiary/aromatic N) is 3. The highest BCUT2D eigenvalue weighted by molar-refractivity contribution is 5.81. The van der Waals surface area contributed by atoms with Crippen LogP contribution in [0.3, 0.4) is 0 Å². The topological polar surface area (TPSA) is 69.0 Å². The third-order valence-electron chi connectivity index (χ3n) is 5.03. The number of aryl methyl sites for hydroxylation is 1. The van der Waals surface area contributed by atoms with Crippen LogP contribution in [0, 0.1) is 5.82 Å². The van der Waals surface area contributed by atoms with Crippen molar-refractivity contribution in [3.8, 4) is 17.1 Å². The summed E-state index contributed by atoms with van der Waals surface area (Å²) in [6, 6.07) is 23.3. The minimum Gasteiger partial charge on any atom is -0.497 e. The maximum Gasteiger partial charge on any atom is 0.250 e. The molecular formula is C25H23FN4O2. The molecule has 32 heavy (non-hydrogen) atoms. The van der Waals surface area contributed by atoms with Crippen molar-refractivity contribution in [2.45, 2.75) is 19.4 Å². The van der Waals surface area contributed by atoms with E-state index in [0.29, 0.717) is 31.2 Å². The Bertz CT molecular complexity index is 1170. The van der Waals surface area contributed by atoms with E-state index in [-0.39, 0.29) is 11.7 Å². The summed E-state index contributed by atoms with van der Waals surface area (Å²) >= 11 is 0. The number of benzene rings is 3. The van der Waals surface area contributed by atoms with E-state index in [4.69, 9.17) is 4.74 Å². The molecule has 0 saturated carbocycles. The Kier molecular flexibility index (Phi) is 6.55. The second-order valence-electron chi connectivity index (χ2n) is 7.26. The van der Waals surface area contributed by atoms with Crippen LogP contribution < -0.4 is 10.1 Å². The van der Waals surface area contributed by atoms with Crippen molar-refractivity contribution in [2.24, 2.45) is 0 Å². The largest absolute Gasteiger partial charge is 0.497 e. The Labute approximate surface area is 185 Å². The first kappa shape index (κ1) is 21.2. The fourth-order valence-corrected chi connectivity index (χ4v) is 3.25. The second kappa shape index (κ2) is 9.87. The fraction of sp³-hybridized carbons (Fsp3) is 0.160. The Morgan fingerprint density at radius 2 is 1.69 bits per heavy atom. The predicted octanol–water partition coefficient (Wildman–Crippen LogP) is 4.98. The number of hydrogen-bond donors (Lipinski definition) is 1. The molecule has 0 fully saturated rings. The van der Waals surface area contributed by atoms with Gasteiger partial charge >= 0.3 is 0 Å². The highest BCUT2D eigenvalue weighted by atomic mass is 19.1. The number of carbonyl (C=O) groups is 1. The minimum absolute atomic E-state index is 0.164. The lowest BCUT2D eigenvalue weighted by molar-refractivity contribution is 0.0890. The molecule has 0 saturated heterocycles. The molecule has 4 rings (SSSR count). The van der Waals surface area contributed by atoms with Crippen LogP contribution in [-0.4, -0.2) is 27.8 Å². The standard InChI is InChI=1S/C25H23FN4O2/c1-32-22-14-10-20(11-15-22)24-28-25(27-17-19-7-12-21(26)13-8-19)30(29-24)23(31)16-9-18-5-3-2-4-6-18/h2-8,10-15H,9,16-17H2,1H3,(H,27,28,29). The lowest BCUT2D eigenvalue weighted by Crippen LogP contribution is -2.17. The molecule has 0 atom stereocenters. The minimum atomic E-state index is -0.296. The van der Waals surface area contributed by atoms with E-state index >= 15 is 0 Å². The second-order valence-corrected chi connectivity index (χ2v) is 7.26. The zero-order chi connectivity index (χ0) is 22.3. The van der Waals surface area contributed by atoms with Gasteiger partial charge in [-0.15, -0.1) is 5.10 Å². The number of rotatable bonds is 8. The molecule has 0 aliphatic carbocycles. The summed E-state index contributed by atoms with van der Waals surface area (Å²) < 4.78 is 19.7. The third kappa shape index (κ3) is 5.18. The molecule has 1 heterocycles. The van der Waals surface area contributed by atoms with Gasteiger partial charge in [0.05, 0.1) is 7.11 Å². The van der Waals surface area contributed by atoms with Gasteiger partial charge in [-0.25, -0.2) is 4.39 Å². The van der Waals surface area contributed by atoms with Gasteiger partial charge in [-0.05, 0) is 53.9 Å². The molecule has 0 aliphatic heterocycles. The van der Waals surface area contributed by atoms with Crippen molar-refractivity contribution >= 4 is 11.9 Å². The van der Waals surface area contributed by atoms with Crippen LogP contribution in [0.15, 0.2) is 78.9 Å². The highest BCUT2D eigenvalue weighted by Crippen LogP contribution is 2.22. The monoisotopic (exact) mass is 430 g/mol. The maximum atomic E-state index is 13.2. The van der Waals surface area contributed by atoms with E-state index in [9.17, 15) is 9.18 Å². The Morgan fingerprint density at radius 1 is 0.969 bits per heavy atom. The Hall–Kier alpha value is -4.00. The molecule has 0 unspecified atom stereocenters. The van der Waals surface area contributed by atoms with Gasteiger partial charge in [0.2, 0.25) is 11.9 Å². The Balaban J connectivity index is 1.57. The van der Waals surface area contributed by atoms with Crippen LogP contribution in [0.1, 0.15) is 22.3 Å². The van der Waals surface area contributed by atoms with E-state index in [2.05, 4.69) is 15.4 Å². The van der Waals surface area contributed by atoms with Crippen molar-refractivity contribution in [2.75, 3.05) is 12.4 Å². The number of methoxy groups -OCH3 is 1. The van der Waals surface area contributed by atoms with Gasteiger partial charge < -0.3 is 10.1 Å². The summed E-state index contributed by atoms with van der Waals surface area (Å²) in [7, 11) is 1.60. The van der Waals surface area contributed by atoms with E-state index < -0.39 is 0 Å². The van der Waals surface area contributed by atoms with Gasteiger partial charge in [-0.3, -0.25) is 4.79 Å². The summed E-state index contributed by atoms with van der Waals surface area (Å²) in [5.74, 6) is 1.04. The van der Waals surface area contributed by atoms with Gasteiger partial charge in [-0.2, -0.15) is 9.67 Å². The van der Waals surface area contributed by atoms with Crippen molar-refractivity contribution < 1.29 is 13.9 Å². The number of anilines is 1. The molecule has 7 heteroatoms. The normalized spacial score (nSPS) is 10.7. The number of nitrogens with one attached hydrogen (secondary N) is 1. The van der Waals surface area contributed by atoms with Crippen LogP contribution in [0.4, 0.5) is 10.3 Å².